The summed E-state index contributed by atoms with van der Waals surface area (Å²) in [6.45, 7) is 0. The lowest BCUT2D eigenvalue weighted by Crippen LogP contribution is -2.41. The van der Waals surface area contributed by atoms with Gasteiger partial charge in [0.25, 0.3) is 0 Å². The number of hydrogen-bond donors (Lipinski definition) is 1. The monoisotopic (exact) mass is 638 g/mol. The Morgan fingerprint density at radius 1 is 1.18 bits per heavy atom. The molecular formula is C22H16BrIN4O6. The van der Waals surface area contributed by atoms with E-state index in [0.717, 1.165) is 19.1 Å². The number of hydrogen-bond acceptors (Lipinski definition) is 9. The van der Waals surface area contributed by atoms with Crippen LogP contribution in [-0.4, -0.2) is 31.1 Å². The van der Waals surface area contributed by atoms with Crippen molar-refractivity contribution in [2.45, 2.75) is 5.92 Å². The summed E-state index contributed by atoms with van der Waals surface area (Å²) in [6, 6.07) is 13.3. The number of esters is 2. The third-order valence-corrected chi connectivity index (χ3v) is 7.58. The molecule has 0 aromatic heterocycles. The number of nitriles is 1. The zero-order valence-electron chi connectivity index (χ0n) is 17.7. The lowest BCUT2D eigenvalue weighted by atomic mass is 9.81. The predicted octanol–water partition coefficient (Wildman–Crippen LogP) is 3.86. The van der Waals surface area contributed by atoms with Crippen LogP contribution in [-0.2, 0) is 19.1 Å². The first-order valence-corrected chi connectivity index (χ1v) is 11.3. The van der Waals surface area contributed by atoms with E-state index in [1.807, 2.05) is 6.07 Å². The Hall–Kier alpha value is -3.44. The largest absolute Gasteiger partial charge is 0.466 e. The van der Waals surface area contributed by atoms with Crippen molar-refractivity contribution in [1.29, 1.82) is 5.26 Å². The van der Waals surface area contributed by atoms with Crippen LogP contribution < -0.4 is 10.6 Å². The third kappa shape index (κ3) is 4.24. The van der Waals surface area contributed by atoms with Crippen LogP contribution in [0.4, 0.5) is 11.4 Å². The summed E-state index contributed by atoms with van der Waals surface area (Å²) >= 11 is 5.03. The van der Waals surface area contributed by atoms with Crippen molar-refractivity contribution < 1.29 is 24.0 Å². The van der Waals surface area contributed by atoms with Gasteiger partial charge in [-0.05, 0) is 56.2 Å². The van der Waals surface area contributed by atoms with Crippen molar-refractivity contribution in [3.63, 3.8) is 0 Å². The van der Waals surface area contributed by atoms with Gasteiger partial charge in [0.2, 0.25) is 0 Å². The Labute approximate surface area is 216 Å². The van der Waals surface area contributed by atoms with Crippen LogP contribution in [0.1, 0.15) is 11.5 Å². The number of nitrogens with two attached hydrogens (primary N) is 1. The topological polar surface area (TPSA) is 149 Å². The number of carbonyl (C=O) groups is 2. The number of nitro benzene ring substituents is 1. The van der Waals surface area contributed by atoms with E-state index in [9.17, 15) is 25.0 Å². The molecule has 1 unspecified atom stereocenters. The first-order valence-electron chi connectivity index (χ1n) is 9.47. The quantitative estimate of drug-likeness (QED) is 0.223. The number of ether oxygens (including phenoxy) is 2. The summed E-state index contributed by atoms with van der Waals surface area (Å²) in [7, 11) is 2.22. The van der Waals surface area contributed by atoms with E-state index in [4.69, 9.17) is 15.2 Å². The minimum Gasteiger partial charge on any atom is -0.466 e. The molecule has 34 heavy (non-hydrogen) atoms. The number of carbonyl (C=O) groups excluding carboxylic acids is 2. The summed E-state index contributed by atoms with van der Waals surface area (Å²) in [5.41, 5.74) is 5.64. The fourth-order valence-corrected chi connectivity index (χ4v) is 4.62. The van der Waals surface area contributed by atoms with Gasteiger partial charge in [0.05, 0.1) is 42.3 Å². The molecule has 1 atom stereocenters. The average molecular weight is 639 g/mol. The third-order valence-electron chi connectivity index (χ3n) is 5.08. The first kappa shape index (κ1) is 25.2. The summed E-state index contributed by atoms with van der Waals surface area (Å²) < 4.78 is 10.5. The number of halogens is 2. The number of anilines is 1. The number of nitrogens with zero attached hydrogens (tertiary/aromatic N) is 3. The molecule has 0 saturated carbocycles. The molecule has 2 N–H and O–H groups in total. The first-order chi connectivity index (χ1) is 16.2. The number of nitro groups is 1. The van der Waals surface area contributed by atoms with E-state index in [-0.39, 0.29) is 37.6 Å². The second-order valence-electron chi connectivity index (χ2n) is 6.82. The fourth-order valence-electron chi connectivity index (χ4n) is 3.65. The SMILES string of the molecule is COC(=O)C1=C(C(=O)OC)N(c2ccc(Br)c(I)c2[N+](=O)[O-])C(N)=C(C#N)C1c1ccccc1. The van der Waals surface area contributed by atoms with Crippen LogP contribution in [0.15, 0.2) is 69.6 Å². The van der Waals surface area contributed by atoms with Gasteiger partial charge in [-0.25, -0.2) is 9.59 Å². The van der Waals surface area contributed by atoms with Crippen molar-refractivity contribution in [3.8, 4) is 6.07 Å². The van der Waals surface area contributed by atoms with Gasteiger partial charge < -0.3 is 15.2 Å². The van der Waals surface area contributed by atoms with Crippen molar-refractivity contribution in [2.75, 3.05) is 19.1 Å². The average Bonchev–Trinajstić information content (AvgIpc) is 2.84. The molecule has 2 aromatic carbocycles. The second kappa shape index (κ2) is 10.2. The molecule has 3 rings (SSSR count). The van der Waals surface area contributed by atoms with Gasteiger partial charge in [0, 0.05) is 4.47 Å². The molecule has 0 radical (unpaired) electrons. The number of rotatable bonds is 5. The molecule has 0 amide bonds. The highest BCUT2D eigenvalue weighted by atomic mass is 127. The van der Waals surface area contributed by atoms with Gasteiger partial charge in [-0.15, -0.1) is 0 Å². The molecule has 12 heteroatoms. The van der Waals surface area contributed by atoms with Crippen LogP contribution >= 0.6 is 38.5 Å². The van der Waals surface area contributed by atoms with Crippen molar-refractivity contribution in [2.24, 2.45) is 5.73 Å². The van der Waals surface area contributed by atoms with Gasteiger partial charge >= 0.3 is 17.6 Å². The lowest BCUT2D eigenvalue weighted by molar-refractivity contribution is -0.385. The molecule has 174 valence electrons. The van der Waals surface area contributed by atoms with Gasteiger partial charge in [-0.3, -0.25) is 15.0 Å². The van der Waals surface area contributed by atoms with Crippen LogP contribution in [0.3, 0.4) is 0 Å². The van der Waals surface area contributed by atoms with E-state index < -0.39 is 22.8 Å². The Morgan fingerprint density at radius 3 is 2.32 bits per heavy atom. The molecule has 0 aliphatic carbocycles. The lowest BCUT2D eigenvalue weighted by Gasteiger charge is -2.35. The molecule has 2 aromatic rings. The van der Waals surface area contributed by atoms with E-state index in [1.165, 1.54) is 12.1 Å². The zero-order chi connectivity index (χ0) is 25.2. The maximum Gasteiger partial charge on any atom is 0.355 e. The second-order valence-corrected chi connectivity index (χ2v) is 8.75. The van der Waals surface area contributed by atoms with Crippen LogP contribution in [0.2, 0.25) is 0 Å². The summed E-state index contributed by atoms with van der Waals surface area (Å²) in [5, 5.41) is 22.0. The fraction of sp³-hybridized carbons (Fsp3) is 0.136. The van der Waals surface area contributed by atoms with Gasteiger partial charge in [-0.2, -0.15) is 5.26 Å². The van der Waals surface area contributed by atoms with E-state index >= 15 is 0 Å². The minimum absolute atomic E-state index is 0.0912. The highest BCUT2D eigenvalue weighted by molar-refractivity contribution is 14.1. The van der Waals surface area contributed by atoms with Crippen molar-refractivity contribution in [1.82, 2.24) is 0 Å². The zero-order valence-corrected chi connectivity index (χ0v) is 21.5. The molecule has 0 bridgehead atoms. The number of allylic oxidation sites excluding steroid dienone is 1. The number of methoxy groups -OCH3 is 2. The maximum absolute atomic E-state index is 13.1. The Kier molecular flexibility index (Phi) is 7.57. The normalized spacial score (nSPS) is 15.6. The summed E-state index contributed by atoms with van der Waals surface area (Å²) in [4.78, 5) is 38.5. The Bertz CT molecular complexity index is 1300. The molecule has 1 heterocycles. The summed E-state index contributed by atoms with van der Waals surface area (Å²) in [5.74, 6) is -3.24. The van der Waals surface area contributed by atoms with Gasteiger partial charge in [-0.1, -0.05) is 30.3 Å². The van der Waals surface area contributed by atoms with Gasteiger partial charge in [0.1, 0.15) is 20.8 Å². The molecule has 1 aliphatic heterocycles. The molecule has 0 saturated heterocycles. The predicted molar refractivity (Wildman–Crippen MR) is 133 cm³/mol. The highest BCUT2D eigenvalue weighted by Crippen LogP contribution is 2.46. The molecule has 10 nitrogen and oxygen atoms in total. The Morgan fingerprint density at radius 2 is 1.79 bits per heavy atom. The molecule has 0 spiro atoms. The standard InChI is InChI=1S/C22H16BrIN4O6/c1-33-21(29)16-15(11-6-4-3-5-7-11)12(10-25)20(26)27(19(16)22(30)34-2)14-9-8-13(23)17(24)18(14)28(31)32/h3-9,15H,26H2,1-2H3. The van der Waals surface area contributed by atoms with E-state index in [1.54, 1.807) is 52.9 Å². The molecule has 0 fully saturated rings. The number of benzene rings is 2. The highest BCUT2D eigenvalue weighted by Gasteiger charge is 2.44. The summed E-state index contributed by atoms with van der Waals surface area (Å²) in [6.07, 6.45) is 0. The maximum atomic E-state index is 13.1. The van der Waals surface area contributed by atoms with Gasteiger partial charge in [0.15, 0.2) is 0 Å². The van der Waals surface area contributed by atoms with E-state index in [2.05, 4.69) is 15.9 Å². The van der Waals surface area contributed by atoms with Crippen molar-refractivity contribution >= 4 is 61.8 Å². The van der Waals surface area contributed by atoms with Crippen LogP contribution in [0, 0.1) is 25.0 Å². The minimum atomic E-state index is -1.07. The van der Waals surface area contributed by atoms with Crippen molar-refractivity contribution in [3.05, 3.63) is 88.8 Å². The van der Waals surface area contributed by atoms with Crippen LogP contribution in [0.25, 0.3) is 0 Å². The smallest absolute Gasteiger partial charge is 0.355 e. The Balaban J connectivity index is 2.51. The molecule has 1 aliphatic rings. The van der Waals surface area contributed by atoms with Crippen LogP contribution in [0.5, 0.6) is 0 Å². The molecular weight excluding hydrogens is 623 g/mol. The van der Waals surface area contributed by atoms with E-state index in [0.29, 0.717) is 10.0 Å².